The fourth-order valence-corrected chi connectivity index (χ4v) is 2.92. The molecule has 1 aliphatic rings. The number of cyclic esters (lactones) is 1. The first-order chi connectivity index (χ1) is 13.0. The predicted molar refractivity (Wildman–Crippen MR) is 104 cm³/mol. The molecule has 0 fully saturated rings. The first kappa shape index (κ1) is 18.8. The normalized spacial score (nSPS) is 14.7. The molecule has 0 aromatic heterocycles. The van der Waals surface area contributed by atoms with E-state index in [2.05, 4.69) is 20.9 Å². The first-order valence-electron chi connectivity index (χ1n) is 8.18. The molecule has 0 spiro atoms. The summed E-state index contributed by atoms with van der Waals surface area (Å²) in [6.07, 6.45) is 1.82. The number of esters is 2. The minimum Gasteiger partial charge on any atom is -0.493 e. The van der Waals surface area contributed by atoms with Gasteiger partial charge in [0.2, 0.25) is 5.90 Å². The summed E-state index contributed by atoms with van der Waals surface area (Å²) in [5.41, 5.74) is 1.52. The highest BCUT2D eigenvalue weighted by Crippen LogP contribution is 2.37. The number of hydrogen-bond donors (Lipinski definition) is 0. The van der Waals surface area contributed by atoms with E-state index in [0.717, 1.165) is 5.56 Å². The number of methoxy groups -OCH3 is 1. The highest BCUT2D eigenvalue weighted by molar-refractivity contribution is 9.10. The molecule has 1 heterocycles. The van der Waals surface area contributed by atoms with Crippen molar-refractivity contribution in [1.29, 1.82) is 0 Å². The lowest BCUT2D eigenvalue weighted by molar-refractivity contribution is -0.134. The Bertz CT molecular complexity index is 950. The van der Waals surface area contributed by atoms with Crippen molar-refractivity contribution in [3.05, 3.63) is 63.8 Å². The van der Waals surface area contributed by atoms with Gasteiger partial charge in [-0.15, -0.1) is 0 Å². The SMILES string of the molecule is CCC(=O)Oc1c(Br)cc(/C=C2\N=C(c3ccccc3)OC2=O)cc1OC. The van der Waals surface area contributed by atoms with E-state index < -0.39 is 5.97 Å². The lowest BCUT2D eigenvalue weighted by Crippen LogP contribution is -2.07. The van der Waals surface area contributed by atoms with Gasteiger partial charge < -0.3 is 14.2 Å². The molecule has 0 N–H and O–H groups in total. The van der Waals surface area contributed by atoms with E-state index in [9.17, 15) is 9.59 Å². The second kappa shape index (κ2) is 8.18. The summed E-state index contributed by atoms with van der Waals surface area (Å²) in [5, 5.41) is 0. The van der Waals surface area contributed by atoms with Crippen molar-refractivity contribution >= 4 is 39.8 Å². The van der Waals surface area contributed by atoms with Crippen LogP contribution in [0.2, 0.25) is 0 Å². The van der Waals surface area contributed by atoms with Gasteiger partial charge >= 0.3 is 11.9 Å². The number of benzene rings is 2. The highest BCUT2D eigenvalue weighted by Gasteiger charge is 2.24. The van der Waals surface area contributed by atoms with Crippen LogP contribution in [0.1, 0.15) is 24.5 Å². The number of hydrogen-bond acceptors (Lipinski definition) is 6. The van der Waals surface area contributed by atoms with Gasteiger partial charge in [-0.2, -0.15) is 0 Å². The number of aliphatic imine (C=N–C) groups is 1. The van der Waals surface area contributed by atoms with Gasteiger partial charge in [-0.05, 0) is 51.8 Å². The van der Waals surface area contributed by atoms with Crippen LogP contribution in [0.25, 0.3) is 6.08 Å². The molecule has 2 aromatic rings. The van der Waals surface area contributed by atoms with Crippen LogP contribution in [0, 0.1) is 0 Å². The van der Waals surface area contributed by atoms with Crippen molar-refractivity contribution in [2.75, 3.05) is 7.11 Å². The Morgan fingerprint density at radius 2 is 2.00 bits per heavy atom. The Balaban J connectivity index is 1.95. The minimum absolute atomic E-state index is 0.168. The number of rotatable bonds is 5. The van der Waals surface area contributed by atoms with Gasteiger partial charge in [0.15, 0.2) is 17.2 Å². The van der Waals surface area contributed by atoms with Crippen LogP contribution in [0.4, 0.5) is 0 Å². The smallest absolute Gasteiger partial charge is 0.363 e. The van der Waals surface area contributed by atoms with Crippen LogP contribution in [0.5, 0.6) is 11.5 Å². The summed E-state index contributed by atoms with van der Waals surface area (Å²) in [4.78, 5) is 28.0. The van der Waals surface area contributed by atoms with Crippen molar-refractivity contribution in [3.8, 4) is 11.5 Å². The Morgan fingerprint density at radius 3 is 2.67 bits per heavy atom. The summed E-state index contributed by atoms with van der Waals surface area (Å²) in [7, 11) is 1.47. The zero-order valence-corrected chi connectivity index (χ0v) is 16.3. The van der Waals surface area contributed by atoms with Gasteiger partial charge in [0.05, 0.1) is 11.6 Å². The molecule has 0 amide bonds. The highest BCUT2D eigenvalue weighted by atomic mass is 79.9. The lowest BCUT2D eigenvalue weighted by atomic mass is 10.1. The average molecular weight is 430 g/mol. The van der Waals surface area contributed by atoms with E-state index in [1.54, 1.807) is 25.1 Å². The maximum atomic E-state index is 12.1. The van der Waals surface area contributed by atoms with Crippen LogP contribution in [0.3, 0.4) is 0 Å². The number of halogens is 1. The number of carbonyl (C=O) groups is 2. The third-order valence-corrected chi connectivity index (χ3v) is 4.29. The minimum atomic E-state index is -0.537. The third kappa shape index (κ3) is 4.25. The molecule has 0 aliphatic carbocycles. The van der Waals surface area contributed by atoms with Crippen molar-refractivity contribution in [2.24, 2.45) is 4.99 Å². The molecule has 0 bridgehead atoms. The van der Waals surface area contributed by atoms with Crippen LogP contribution in [-0.2, 0) is 14.3 Å². The summed E-state index contributed by atoms with van der Waals surface area (Å²) < 4.78 is 16.4. The van der Waals surface area contributed by atoms with Crippen LogP contribution in [-0.4, -0.2) is 24.9 Å². The van der Waals surface area contributed by atoms with Crippen molar-refractivity contribution < 1.29 is 23.8 Å². The van der Waals surface area contributed by atoms with Gasteiger partial charge in [0, 0.05) is 12.0 Å². The molecule has 0 saturated carbocycles. The quantitative estimate of drug-likeness (QED) is 0.406. The van der Waals surface area contributed by atoms with Crippen LogP contribution < -0.4 is 9.47 Å². The largest absolute Gasteiger partial charge is 0.493 e. The maximum Gasteiger partial charge on any atom is 0.363 e. The van der Waals surface area contributed by atoms with E-state index in [0.29, 0.717) is 15.8 Å². The molecule has 2 aromatic carbocycles. The molecule has 0 unspecified atom stereocenters. The fourth-order valence-electron chi connectivity index (χ4n) is 2.38. The Hall–Kier alpha value is -2.93. The van der Waals surface area contributed by atoms with E-state index >= 15 is 0 Å². The van der Waals surface area contributed by atoms with E-state index in [1.165, 1.54) is 7.11 Å². The standard InChI is InChI=1S/C20H16BrNO5/c1-3-17(23)26-18-14(21)9-12(11-16(18)25-2)10-15-20(24)27-19(22-15)13-7-5-4-6-8-13/h4-11H,3H2,1-2H3/b15-10-. The van der Waals surface area contributed by atoms with Crippen LogP contribution >= 0.6 is 15.9 Å². The summed E-state index contributed by atoms with van der Waals surface area (Å²) >= 11 is 3.37. The number of ether oxygens (including phenoxy) is 3. The second-order valence-corrected chi connectivity index (χ2v) is 6.42. The molecular formula is C20H16BrNO5. The van der Waals surface area contributed by atoms with Gasteiger partial charge in [0.25, 0.3) is 0 Å². The first-order valence-corrected chi connectivity index (χ1v) is 8.97. The van der Waals surface area contributed by atoms with Crippen molar-refractivity contribution in [1.82, 2.24) is 0 Å². The molecule has 3 rings (SSSR count). The van der Waals surface area contributed by atoms with E-state index in [-0.39, 0.29) is 29.7 Å². The van der Waals surface area contributed by atoms with E-state index in [4.69, 9.17) is 14.2 Å². The Labute approximate surface area is 164 Å². The molecule has 27 heavy (non-hydrogen) atoms. The summed E-state index contributed by atoms with van der Waals surface area (Å²) in [5.74, 6) is -0.0148. The molecule has 1 aliphatic heterocycles. The molecule has 0 atom stereocenters. The van der Waals surface area contributed by atoms with Crippen LogP contribution in [0.15, 0.2) is 57.6 Å². The van der Waals surface area contributed by atoms with Gasteiger partial charge in [-0.3, -0.25) is 4.79 Å². The summed E-state index contributed by atoms with van der Waals surface area (Å²) in [6.45, 7) is 1.70. The second-order valence-electron chi connectivity index (χ2n) is 5.56. The zero-order chi connectivity index (χ0) is 19.4. The fraction of sp³-hybridized carbons (Fsp3) is 0.150. The predicted octanol–water partition coefficient (Wildman–Crippen LogP) is 4.12. The summed E-state index contributed by atoms with van der Waals surface area (Å²) in [6, 6.07) is 12.5. The zero-order valence-electron chi connectivity index (χ0n) is 14.7. The maximum absolute atomic E-state index is 12.1. The van der Waals surface area contributed by atoms with E-state index in [1.807, 2.05) is 30.3 Å². The topological polar surface area (TPSA) is 74.2 Å². The van der Waals surface area contributed by atoms with Gasteiger partial charge in [-0.25, -0.2) is 9.79 Å². The molecule has 7 heteroatoms. The average Bonchev–Trinajstić information content (AvgIpc) is 3.04. The molecular weight excluding hydrogens is 414 g/mol. The monoisotopic (exact) mass is 429 g/mol. The Kier molecular flexibility index (Phi) is 5.71. The third-order valence-electron chi connectivity index (χ3n) is 3.70. The number of carbonyl (C=O) groups excluding carboxylic acids is 2. The molecule has 0 saturated heterocycles. The molecule has 138 valence electrons. The van der Waals surface area contributed by atoms with Crippen molar-refractivity contribution in [3.63, 3.8) is 0 Å². The van der Waals surface area contributed by atoms with Crippen molar-refractivity contribution in [2.45, 2.75) is 13.3 Å². The van der Waals surface area contributed by atoms with Gasteiger partial charge in [0.1, 0.15) is 0 Å². The lowest BCUT2D eigenvalue weighted by Gasteiger charge is -2.11. The molecule has 0 radical (unpaired) electrons. The van der Waals surface area contributed by atoms with Gasteiger partial charge in [-0.1, -0.05) is 25.1 Å². The Morgan fingerprint density at radius 1 is 1.26 bits per heavy atom. The number of nitrogens with zero attached hydrogens (tertiary/aromatic N) is 1. The molecule has 6 nitrogen and oxygen atoms in total.